The highest BCUT2D eigenvalue weighted by atomic mass is 79.9. The molecule has 0 fully saturated rings. The Morgan fingerprint density at radius 2 is 1.96 bits per heavy atom. The molecule has 1 amide bonds. The van der Waals surface area contributed by atoms with E-state index in [2.05, 4.69) is 26.2 Å². The van der Waals surface area contributed by atoms with Crippen LogP contribution in [0, 0.1) is 0 Å². The fourth-order valence-electron chi connectivity index (χ4n) is 2.33. The molecule has 0 bridgehead atoms. The number of hydrogen-bond donors (Lipinski definition) is 1. The van der Waals surface area contributed by atoms with E-state index in [9.17, 15) is 4.79 Å². The number of carbonyl (C=O) groups excluding carboxylic acids is 1. The molecule has 5 nitrogen and oxygen atoms in total. The Bertz CT molecular complexity index is 901. The summed E-state index contributed by atoms with van der Waals surface area (Å²) in [5.74, 6) is 1.63. The van der Waals surface area contributed by atoms with Crippen LogP contribution in [-0.4, -0.2) is 18.0 Å². The highest BCUT2D eigenvalue weighted by Gasteiger charge is 2.11. The van der Waals surface area contributed by atoms with Gasteiger partial charge in [0, 0.05) is 23.3 Å². The van der Waals surface area contributed by atoms with Crippen LogP contribution in [0.3, 0.4) is 0 Å². The van der Waals surface area contributed by atoms with Gasteiger partial charge < -0.3 is 14.8 Å². The summed E-state index contributed by atoms with van der Waals surface area (Å²) < 4.78 is 11.6. The fourth-order valence-corrected chi connectivity index (χ4v) is 2.76. The highest BCUT2D eigenvalue weighted by molar-refractivity contribution is 9.10. The minimum atomic E-state index is -0.188. The topological polar surface area (TPSA) is 60.5 Å². The van der Waals surface area contributed by atoms with Crippen LogP contribution in [0.4, 0.5) is 0 Å². The zero-order valence-corrected chi connectivity index (χ0v) is 15.7. The van der Waals surface area contributed by atoms with Crippen LogP contribution in [0.1, 0.15) is 15.9 Å². The van der Waals surface area contributed by atoms with Crippen LogP contribution in [-0.2, 0) is 6.54 Å². The largest absolute Gasteiger partial charge is 0.497 e. The van der Waals surface area contributed by atoms with Gasteiger partial charge in [0.2, 0.25) is 5.88 Å². The number of nitrogens with one attached hydrogen (secondary N) is 1. The normalized spacial score (nSPS) is 10.2. The van der Waals surface area contributed by atoms with Gasteiger partial charge in [-0.2, -0.15) is 0 Å². The summed E-state index contributed by atoms with van der Waals surface area (Å²) in [6.45, 7) is 0.377. The first-order valence-corrected chi connectivity index (χ1v) is 8.74. The second-order valence-electron chi connectivity index (χ2n) is 5.45. The van der Waals surface area contributed by atoms with E-state index < -0.39 is 0 Å². The molecule has 0 saturated carbocycles. The van der Waals surface area contributed by atoms with Crippen molar-refractivity contribution in [3.63, 3.8) is 0 Å². The van der Waals surface area contributed by atoms with E-state index in [1.54, 1.807) is 37.6 Å². The summed E-state index contributed by atoms with van der Waals surface area (Å²) in [6.07, 6.45) is 1.67. The molecular formula is C20H17BrN2O3. The maximum absolute atomic E-state index is 12.4. The molecule has 1 aromatic heterocycles. The molecule has 3 aromatic rings. The Morgan fingerprint density at radius 1 is 1.08 bits per heavy atom. The molecular weight excluding hydrogens is 396 g/mol. The van der Waals surface area contributed by atoms with Gasteiger partial charge in [-0.25, -0.2) is 4.98 Å². The number of rotatable bonds is 6. The van der Waals surface area contributed by atoms with Gasteiger partial charge in [-0.05, 0) is 57.9 Å². The molecule has 0 saturated heterocycles. The minimum Gasteiger partial charge on any atom is -0.497 e. The van der Waals surface area contributed by atoms with Crippen LogP contribution in [0.15, 0.2) is 71.3 Å². The van der Waals surface area contributed by atoms with Gasteiger partial charge in [0.15, 0.2) is 0 Å². The van der Waals surface area contributed by atoms with E-state index in [0.717, 1.165) is 5.56 Å². The molecule has 1 N–H and O–H groups in total. The third-order valence-corrected chi connectivity index (χ3v) is 4.32. The van der Waals surface area contributed by atoms with E-state index in [1.165, 1.54) is 0 Å². The number of halogens is 1. The van der Waals surface area contributed by atoms with Gasteiger partial charge in [0.05, 0.1) is 12.7 Å². The first-order chi connectivity index (χ1) is 12.7. The number of amides is 1. The zero-order valence-electron chi connectivity index (χ0n) is 14.1. The van der Waals surface area contributed by atoms with Crippen molar-refractivity contribution in [2.24, 2.45) is 0 Å². The number of pyridine rings is 1. The standard InChI is InChI=1S/C20H17BrN2O3/c1-25-15-8-9-18(21)17(12-15)20(24)23-13-14-5-4-6-16(11-14)26-19-7-2-3-10-22-19/h2-12H,13H2,1H3,(H,23,24). The van der Waals surface area contributed by atoms with Crippen molar-refractivity contribution < 1.29 is 14.3 Å². The lowest BCUT2D eigenvalue weighted by molar-refractivity contribution is 0.0949. The summed E-state index contributed by atoms with van der Waals surface area (Å²) in [7, 11) is 1.57. The van der Waals surface area contributed by atoms with Crippen molar-refractivity contribution in [3.8, 4) is 17.4 Å². The molecule has 0 spiro atoms. The molecule has 0 radical (unpaired) electrons. The Hall–Kier alpha value is -2.86. The summed E-state index contributed by atoms with van der Waals surface area (Å²) in [5, 5.41) is 2.90. The predicted molar refractivity (Wildman–Crippen MR) is 103 cm³/mol. The molecule has 0 aliphatic heterocycles. The molecule has 3 rings (SSSR count). The monoisotopic (exact) mass is 412 g/mol. The van der Waals surface area contributed by atoms with E-state index in [1.807, 2.05) is 36.4 Å². The average Bonchev–Trinajstić information content (AvgIpc) is 2.67. The van der Waals surface area contributed by atoms with Gasteiger partial charge in [-0.3, -0.25) is 4.79 Å². The number of aromatic nitrogens is 1. The Morgan fingerprint density at radius 3 is 2.73 bits per heavy atom. The number of carbonyl (C=O) groups is 1. The van der Waals surface area contributed by atoms with Crippen molar-refractivity contribution in [3.05, 3.63) is 82.5 Å². The Balaban J connectivity index is 1.66. The molecule has 0 unspecified atom stereocenters. The minimum absolute atomic E-state index is 0.188. The van der Waals surface area contributed by atoms with Gasteiger partial charge >= 0.3 is 0 Å². The second-order valence-corrected chi connectivity index (χ2v) is 6.30. The average molecular weight is 413 g/mol. The van der Waals surface area contributed by atoms with Gasteiger partial charge in [-0.15, -0.1) is 0 Å². The van der Waals surface area contributed by atoms with Crippen molar-refractivity contribution >= 4 is 21.8 Å². The van der Waals surface area contributed by atoms with Gasteiger partial charge in [-0.1, -0.05) is 18.2 Å². The molecule has 0 atom stereocenters. The Kier molecular flexibility index (Phi) is 5.86. The lowest BCUT2D eigenvalue weighted by atomic mass is 10.1. The molecule has 1 heterocycles. The highest BCUT2D eigenvalue weighted by Crippen LogP contribution is 2.23. The van der Waals surface area contributed by atoms with Crippen LogP contribution >= 0.6 is 15.9 Å². The smallest absolute Gasteiger partial charge is 0.252 e. The number of ether oxygens (including phenoxy) is 2. The second kappa shape index (κ2) is 8.49. The third-order valence-electron chi connectivity index (χ3n) is 3.63. The van der Waals surface area contributed by atoms with E-state index in [0.29, 0.717) is 34.0 Å². The van der Waals surface area contributed by atoms with Crippen LogP contribution in [0.5, 0.6) is 17.4 Å². The number of nitrogens with zero attached hydrogens (tertiary/aromatic N) is 1. The van der Waals surface area contributed by atoms with Crippen molar-refractivity contribution in [1.82, 2.24) is 10.3 Å². The van der Waals surface area contributed by atoms with E-state index in [4.69, 9.17) is 9.47 Å². The van der Waals surface area contributed by atoms with Crippen LogP contribution in [0.2, 0.25) is 0 Å². The predicted octanol–water partition coefficient (Wildman–Crippen LogP) is 4.58. The molecule has 26 heavy (non-hydrogen) atoms. The SMILES string of the molecule is COc1ccc(Br)c(C(=O)NCc2cccc(Oc3ccccn3)c2)c1. The summed E-state index contributed by atoms with van der Waals surface area (Å²) in [6, 6.07) is 18.3. The van der Waals surface area contributed by atoms with Crippen molar-refractivity contribution in [1.29, 1.82) is 0 Å². The summed E-state index contributed by atoms with van der Waals surface area (Å²) in [5.41, 5.74) is 1.44. The lowest BCUT2D eigenvalue weighted by Gasteiger charge is -2.10. The Labute approximate surface area is 160 Å². The number of methoxy groups -OCH3 is 1. The quantitative estimate of drug-likeness (QED) is 0.643. The lowest BCUT2D eigenvalue weighted by Crippen LogP contribution is -2.23. The fraction of sp³-hybridized carbons (Fsp3) is 0.100. The van der Waals surface area contributed by atoms with Gasteiger partial charge in [0.25, 0.3) is 5.91 Å². The maximum atomic E-state index is 12.4. The summed E-state index contributed by atoms with van der Waals surface area (Å²) >= 11 is 3.39. The maximum Gasteiger partial charge on any atom is 0.252 e. The first-order valence-electron chi connectivity index (χ1n) is 7.95. The molecule has 2 aromatic carbocycles. The zero-order chi connectivity index (χ0) is 18.4. The van der Waals surface area contributed by atoms with Crippen LogP contribution < -0.4 is 14.8 Å². The first kappa shape index (κ1) is 17.9. The molecule has 0 aliphatic rings. The number of benzene rings is 2. The number of hydrogen-bond acceptors (Lipinski definition) is 4. The van der Waals surface area contributed by atoms with Crippen molar-refractivity contribution in [2.45, 2.75) is 6.54 Å². The molecule has 0 aliphatic carbocycles. The van der Waals surface area contributed by atoms with E-state index >= 15 is 0 Å². The van der Waals surface area contributed by atoms with E-state index in [-0.39, 0.29) is 5.91 Å². The molecule has 6 heteroatoms. The van der Waals surface area contributed by atoms with Gasteiger partial charge in [0.1, 0.15) is 11.5 Å². The molecule has 132 valence electrons. The van der Waals surface area contributed by atoms with Crippen LogP contribution in [0.25, 0.3) is 0 Å². The third kappa shape index (κ3) is 4.61. The summed E-state index contributed by atoms with van der Waals surface area (Å²) in [4.78, 5) is 16.6. The van der Waals surface area contributed by atoms with Crippen molar-refractivity contribution in [2.75, 3.05) is 7.11 Å².